The van der Waals surface area contributed by atoms with Gasteiger partial charge in [-0.1, -0.05) is 12.8 Å². The van der Waals surface area contributed by atoms with Crippen LogP contribution in [0.2, 0.25) is 0 Å². The van der Waals surface area contributed by atoms with Gasteiger partial charge in [0.1, 0.15) is 0 Å². The zero-order valence-corrected chi connectivity index (χ0v) is 19.6. The van der Waals surface area contributed by atoms with E-state index in [2.05, 4.69) is 31.8 Å². The molecule has 0 aromatic heterocycles. The number of carbonyl (C=O) groups excluding carboxylic acids is 1. The topological polar surface area (TPSA) is 74.6 Å². The van der Waals surface area contributed by atoms with Gasteiger partial charge < -0.3 is 25.1 Å². The van der Waals surface area contributed by atoms with Crippen LogP contribution in [0.4, 0.5) is 0 Å². The summed E-state index contributed by atoms with van der Waals surface area (Å²) < 4.78 is 0. The fraction of sp³-hybridized carbons (Fsp3) is 0.913. The van der Waals surface area contributed by atoms with Gasteiger partial charge in [-0.25, -0.2) is 0 Å². The molecule has 0 atom stereocenters. The molecular weight excluding hydrogens is 392 g/mol. The third-order valence-electron chi connectivity index (χ3n) is 6.78. The van der Waals surface area contributed by atoms with Gasteiger partial charge in [-0.2, -0.15) is 0 Å². The van der Waals surface area contributed by atoms with E-state index in [-0.39, 0.29) is 6.10 Å². The Morgan fingerprint density at radius 3 is 2.23 bits per heavy atom. The molecule has 31 heavy (non-hydrogen) atoms. The molecule has 0 bridgehead atoms. The Bertz CT molecular complexity index is 548. The number of hydrogen-bond acceptors (Lipinski definition) is 5. The Balaban J connectivity index is 1.38. The summed E-state index contributed by atoms with van der Waals surface area (Å²) in [6, 6.07) is 0. The zero-order valence-electron chi connectivity index (χ0n) is 19.6. The number of carbonyl (C=O) groups is 1. The number of aliphatic imine (C=N–C) groups is 1. The van der Waals surface area contributed by atoms with E-state index in [0.717, 1.165) is 110 Å². The molecule has 3 fully saturated rings. The maximum absolute atomic E-state index is 12.7. The highest BCUT2D eigenvalue weighted by atomic mass is 16.3. The average Bonchev–Trinajstić information content (AvgIpc) is 3.07. The quantitative estimate of drug-likeness (QED) is 0.350. The van der Waals surface area contributed by atoms with Crippen molar-refractivity contribution >= 4 is 11.9 Å². The van der Waals surface area contributed by atoms with Crippen molar-refractivity contribution in [1.82, 2.24) is 24.9 Å². The first-order valence-electron chi connectivity index (χ1n) is 12.6. The molecular formula is C23H44N6O2. The third kappa shape index (κ3) is 8.24. The molecule has 2 N–H and O–H groups in total. The van der Waals surface area contributed by atoms with E-state index in [1.54, 1.807) is 0 Å². The van der Waals surface area contributed by atoms with Crippen LogP contribution in [0.3, 0.4) is 0 Å². The summed E-state index contributed by atoms with van der Waals surface area (Å²) in [7, 11) is 0. The lowest BCUT2D eigenvalue weighted by atomic mass is 10.1. The van der Waals surface area contributed by atoms with Crippen LogP contribution < -0.4 is 5.32 Å². The van der Waals surface area contributed by atoms with Crippen molar-refractivity contribution in [2.45, 2.75) is 58.0 Å². The standard InChI is InChI=1S/C23H44N6O2/c1-2-24-23(25-10-7-11-26-14-8-21(30)9-15-26)29-18-16-27(17-19-29)20-22(31)28-12-5-3-4-6-13-28/h21,30H,2-20H2,1H3,(H,24,25). The molecule has 0 aromatic rings. The smallest absolute Gasteiger partial charge is 0.236 e. The molecule has 8 heteroatoms. The Morgan fingerprint density at radius 2 is 1.58 bits per heavy atom. The number of nitrogens with one attached hydrogen (secondary N) is 1. The fourth-order valence-corrected chi connectivity index (χ4v) is 4.78. The third-order valence-corrected chi connectivity index (χ3v) is 6.78. The first-order chi connectivity index (χ1) is 15.2. The van der Waals surface area contributed by atoms with E-state index in [1.165, 1.54) is 12.8 Å². The molecule has 3 rings (SSSR count). The summed E-state index contributed by atoms with van der Waals surface area (Å²) in [5, 5.41) is 13.1. The number of guanidine groups is 1. The van der Waals surface area contributed by atoms with Crippen molar-refractivity contribution in [3.8, 4) is 0 Å². The predicted octanol–water partition coefficient (Wildman–Crippen LogP) is 0.819. The number of piperazine rings is 1. The largest absolute Gasteiger partial charge is 0.393 e. The first-order valence-corrected chi connectivity index (χ1v) is 12.6. The minimum atomic E-state index is -0.104. The van der Waals surface area contributed by atoms with E-state index in [1.807, 2.05) is 0 Å². The molecule has 178 valence electrons. The van der Waals surface area contributed by atoms with Crippen molar-refractivity contribution in [2.24, 2.45) is 4.99 Å². The van der Waals surface area contributed by atoms with Gasteiger partial charge in [-0.05, 0) is 45.6 Å². The van der Waals surface area contributed by atoms with Crippen LogP contribution in [-0.4, -0.2) is 121 Å². The Kier molecular flexibility index (Phi) is 10.4. The van der Waals surface area contributed by atoms with Crippen LogP contribution in [0.1, 0.15) is 51.9 Å². The van der Waals surface area contributed by atoms with E-state index in [4.69, 9.17) is 4.99 Å². The number of rotatable bonds is 7. The van der Waals surface area contributed by atoms with Gasteiger partial charge in [0.25, 0.3) is 0 Å². The van der Waals surface area contributed by atoms with Crippen molar-refractivity contribution in [3.63, 3.8) is 0 Å². The predicted molar refractivity (Wildman–Crippen MR) is 125 cm³/mol. The molecule has 3 heterocycles. The van der Waals surface area contributed by atoms with Crippen LogP contribution in [-0.2, 0) is 4.79 Å². The molecule has 0 spiro atoms. The molecule has 0 unspecified atom stereocenters. The van der Waals surface area contributed by atoms with Crippen LogP contribution in [0.25, 0.3) is 0 Å². The highest BCUT2D eigenvalue weighted by molar-refractivity contribution is 5.80. The normalized spacial score (nSPS) is 23.1. The number of aliphatic hydroxyl groups is 1. The van der Waals surface area contributed by atoms with Crippen molar-refractivity contribution < 1.29 is 9.90 Å². The minimum absolute atomic E-state index is 0.104. The van der Waals surface area contributed by atoms with Gasteiger partial charge in [0.15, 0.2) is 5.96 Å². The first kappa shape index (κ1) is 24.3. The maximum atomic E-state index is 12.7. The summed E-state index contributed by atoms with van der Waals surface area (Å²) in [6.07, 6.45) is 7.57. The van der Waals surface area contributed by atoms with E-state index >= 15 is 0 Å². The Labute approximate surface area is 188 Å². The maximum Gasteiger partial charge on any atom is 0.236 e. The van der Waals surface area contributed by atoms with Gasteiger partial charge in [0, 0.05) is 65.4 Å². The summed E-state index contributed by atoms with van der Waals surface area (Å²) in [6.45, 7) is 13.0. The molecule has 0 radical (unpaired) electrons. The second kappa shape index (κ2) is 13.2. The van der Waals surface area contributed by atoms with E-state index in [0.29, 0.717) is 12.5 Å². The van der Waals surface area contributed by atoms with Crippen LogP contribution in [0.5, 0.6) is 0 Å². The zero-order chi connectivity index (χ0) is 21.9. The van der Waals surface area contributed by atoms with Gasteiger partial charge >= 0.3 is 0 Å². The second-order valence-electron chi connectivity index (χ2n) is 9.22. The molecule has 8 nitrogen and oxygen atoms in total. The molecule has 3 aliphatic rings. The fourth-order valence-electron chi connectivity index (χ4n) is 4.78. The van der Waals surface area contributed by atoms with E-state index in [9.17, 15) is 9.90 Å². The lowest BCUT2D eigenvalue weighted by Crippen LogP contribution is -2.54. The monoisotopic (exact) mass is 436 g/mol. The minimum Gasteiger partial charge on any atom is -0.393 e. The molecule has 1 amide bonds. The van der Waals surface area contributed by atoms with Crippen LogP contribution >= 0.6 is 0 Å². The number of piperidine rings is 1. The van der Waals surface area contributed by atoms with Gasteiger partial charge in [-0.15, -0.1) is 0 Å². The second-order valence-corrected chi connectivity index (χ2v) is 9.22. The summed E-state index contributed by atoms with van der Waals surface area (Å²) in [5.41, 5.74) is 0. The van der Waals surface area contributed by atoms with Gasteiger partial charge in [0.05, 0.1) is 12.6 Å². The number of aliphatic hydroxyl groups excluding tert-OH is 1. The molecule has 0 aliphatic carbocycles. The lowest BCUT2D eigenvalue weighted by Gasteiger charge is -2.37. The highest BCUT2D eigenvalue weighted by Crippen LogP contribution is 2.12. The lowest BCUT2D eigenvalue weighted by molar-refractivity contribution is -0.132. The van der Waals surface area contributed by atoms with Crippen LogP contribution in [0.15, 0.2) is 4.99 Å². The molecule has 3 aliphatic heterocycles. The van der Waals surface area contributed by atoms with Crippen molar-refractivity contribution in [1.29, 1.82) is 0 Å². The van der Waals surface area contributed by atoms with E-state index < -0.39 is 0 Å². The Hall–Kier alpha value is -1.38. The number of hydrogen-bond donors (Lipinski definition) is 2. The van der Waals surface area contributed by atoms with Crippen LogP contribution in [0, 0.1) is 0 Å². The SMILES string of the molecule is CCNC(=NCCCN1CCC(O)CC1)N1CCN(CC(=O)N2CCCCCC2)CC1. The Morgan fingerprint density at radius 1 is 0.903 bits per heavy atom. The summed E-state index contributed by atoms with van der Waals surface area (Å²) >= 11 is 0. The highest BCUT2D eigenvalue weighted by Gasteiger charge is 2.24. The number of nitrogens with zero attached hydrogens (tertiary/aromatic N) is 5. The average molecular weight is 437 g/mol. The van der Waals surface area contributed by atoms with Gasteiger partial charge in [-0.3, -0.25) is 14.7 Å². The number of likely N-dealkylation sites (tertiary alicyclic amines) is 2. The summed E-state index contributed by atoms with van der Waals surface area (Å²) in [4.78, 5) is 26.7. The summed E-state index contributed by atoms with van der Waals surface area (Å²) in [5.74, 6) is 1.32. The van der Waals surface area contributed by atoms with Gasteiger partial charge in [0.2, 0.25) is 5.91 Å². The molecule has 0 aromatic carbocycles. The molecule has 3 saturated heterocycles. The number of amides is 1. The van der Waals surface area contributed by atoms with Crippen molar-refractivity contribution in [3.05, 3.63) is 0 Å². The molecule has 0 saturated carbocycles. The van der Waals surface area contributed by atoms with Crippen molar-refractivity contribution in [2.75, 3.05) is 78.5 Å².